The molecular weight excluding hydrogens is 328 g/mol. The predicted molar refractivity (Wildman–Crippen MR) is 88.0 cm³/mol. The van der Waals surface area contributed by atoms with E-state index in [0.717, 1.165) is 10.1 Å². The van der Waals surface area contributed by atoms with Gasteiger partial charge >= 0.3 is 0 Å². The Labute approximate surface area is 143 Å². The Bertz CT molecular complexity index is 849. The van der Waals surface area contributed by atoms with Crippen molar-refractivity contribution in [1.82, 2.24) is 14.9 Å². The van der Waals surface area contributed by atoms with E-state index in [1.165, 1.54) is 13.2 Å². The van der Waals surface area contributed by atoms with Gasteiger partial charge in [-0.3, -0.25) is 14.2 Å². The zero-order valence-corrected chi connectivity index (χ0v) is 13.7. The van der Waals surface area contributed by atoms with Crippen LogP contribution in [-0.4, -0.2) is 29.4 Å². The minimum Gasteiger partial charge on any atom is -0.454 e. The third kappa shape index (κ3) is 3.89. The number of ether oxygens (including phenoxy) is 3. The van der Waals surface area contributed by atoms with Gasteiger partial charge in [-0.15, -0.1) is 0 Å². The Morgan fingerprint density at radius 2 is 2.16 bits per heavy atom. The average molecular weight is 346 g/mol. The van der Waals surface area contributed by atoms with E-state index < -0.39 is 5.56 Å². The van der Waals surface area contributed by atoms with Crippen molar-refractivity contribution in [3.63, 3.8) is 0 Å². The van der Waals surface area contributed by atoms with Crippen LogP contribution in [0.15, 0.2) is 29.1 Å². The second-order valence-electron chi connectivity index (χ2n) is 5.43. The summed E-state index contributed by atoms with van der Waals surface area (Å²) in [6.45, 7) is 0.449. The molecule has 1 aromatic carbocycles. The summed E-state index contributed by atoms with van der Waals surface area (Å²) in [7, 11) is 1.49. The van der Waals surface area contributed by atoms with Gasteiger partial charge in [-0.1, -0.05) is 6.07 Å². The van der Waals surface area contributed by atoms with Crippen LogP contribution in [0.5, 0.6) is 11.5 Å². The Hall–Kier alpha value is -3.07. The van der Waals surface area contributed by atoms with E-state index in [4.69, 9.17) is 19.9 Å². The highest BCUT2D eigenvalue weighted by Gasteiger charge is 2.14. The average Bonchev–Trinajstić information content (AvgIpc) is 3.04. The number of nitrogens with zero attached hydrogens (tertiary/aromatic N) is 2. The van der Waals surface area contributed by atoms with E-state index in [9.17, 15) is 9.59 Å². The fourth-order valence-corrected chi connectivity index (χ4v) is 2.40. The van der Waals surface area contributed by atoms with E-state index in [1.807, 2.05) is 6.07 Å². The lowest BCUT2D eigenvalue weighted by molar-refractivity contribution is -0.121. The van der Waals surface area contributed by atoms with Gasteiger partial charge in [0, 0.05) is 19.7 Å². The number of anilines is 1. The van der Waals surface area contributed by atoms with E-state index in [2.05, 4.69) is 10.3 Å². The monoisotopic (exact) mass is 346 g/mol. The Morgan fingerprint density at radius 3 is 2.92 bits per heavy atom. The molecule has 1 aromatic heterocycles. The number of aromatic nitrogens is 2. The number of nitrogen functional groups attached to an aromatic ring is 1. The fraction of sp³-hybridized carbons (Fsp3) is 0.312. The van der Waals surface area contributed by atoms with Crippen LogP contribution in [0.4, 0.5) is 5.95 Å². The molecular formula is C16H18N4O5. The quantitative estimate of drug-likeness (QED) is 0.757. The van der Waals surface area contributed by atoms with Crippen molar-refractivity contribution in [2.45, 2.75) is 19.7 Å². The van der Waals surface area contributed by atoms with E-state index in [0.29, 0.717) is 23.7 Å². The van der Waals surface area contributed by atoms with Crippen LogP contribution < -0.4 is 26.1 Å². The molecule has 0 radical (unpaired) electrons. The molecule has 0 atom stereocenters. The summed E-state index contributed by atoms with van der Waals surface area (Å²) in [5.41, 5.74) is 6.62. The van der Waals surface area contributed by atoms with Gasteiger partial charge in [-0.25, -0.2) is 4.98 Å². The molecule has 0 unspecified atom stereocenters. The van der Waals surface area contributed by atoms with Crippen LogP contribution in [0.2, 0.25) is 0 Å². The summed E-state index contributed by atoms with van der Waals surface area (Å²) >= 11 is 0. The number of methoxy groups -OCH3 is 1. The first-order valence-electron chi connectivity index (χ1n) is 7.57. The number of benzene rings is 1. The second kappa shape index (κ2) is 7.22. The lowest BCUT2D eigenvalue weighted by Gasteiger charge is -2.11. The Morgan fingerprint density at radius 1 is 1.36 bits per heavy atom. The van der Waals surface area contributed by atoms with Crippen molar-refractivity contribution in [3.8, 4) is 11.5 Å². The molecule has 0 saturated carbocycles. The van der Waals surface area contributed by atoms with Crippen LogP contribution in [0.1, 0.15) is 11.3 Å². The molecule has 0 bridgehead atoms. The molecule has 3 rings (SSSR count). The highest BCUT2D eigenvalue weighted by atomic mass is 16.7. The zero-order valence-electron chi connectivity index (χ0n) is 13.7. The molecule has 1 amide bonds. The van der Waals surface area contributed by atoms with Gasteiger partial charge in [-0.05, 0) is 17.7 Å². The lowest BCUT2D eigenvalue weighted by atomic mass is 10.2. The van der Waals surface area contributed by atoms with Crippen LogP contribution >= 0.6 is 0 Å². The molecule has 0 saturated heterocycles. The lowest BCUT2D eigenvalue weighted by Crippen LogP contribution is -2.34. The number of nitrogens with one attached hydrogen (secondary N) is 1. The number of nitrogens with two attached hydrogens (primary N) is 1. The van der Waals surface area contributed by atoms with Crippen molar-refractivity contribution in [2.24, 2.45) is 0 Å². The molecule has 2 aromatic rings. The number of rotatable bonds is 6. The maximum atomic E-state index is 12.1. The van der Waals surface area contributed by atoms with Crippen molar-refractivity contribution >= 4 is 11.9 Å². The van der Waals surface area contributed by atoms with Crippen LogP contribution in [-0.2, 0) is 29.2 Å². The highest BCUT2D eigenvalue weighted by molar-refractivity contribution is 5.76. The first kappa shape index (κ1) is 16.8. The van der Waals surface area contributed by atoms with Crippen LogP contribution in [0, 0.1) is 0 Å². The van der Waals surface area contributed by atoms with E-state index >= 15 is 0 Å². The van der Waals surface area contributed by atoms with Gasteiger partial charge < -0.3 is 25.3 Å². The molecule has 3 N–H and O–H groups in total. The summed E-state index contributed by atoms with van der Waals surface area (Å²) in [6.07, 6.45) is 0. The summed E-state index contributed by atoms with van der Waals surface area (Å²) in [5.74, 6) is 0.937. The maximum absolute atomic E-state index is 12.1. The maximum Gasteiger partial charge on any atom is 0.255 e. The molecule has 0 fully saturated rings. The molecule has 1 aliphatic rings. The molecule has 1 aliphatic heterocycles. The number of amides is 1. The van der Waals surface area contributed by atoms with Crippen LogP contribution in [0.3, 0.4) is 0 Å². The molecule has 0 spiro atoms. The molecule has 25 heavy (non-hydrogen) atoms. The number of hydrogen-bond acceptors (Lipinski definition) is 7. The Kier molecular flexibility index (Phi) is 4.85. The first-order chi connectivity index (χ1) is 12.1. The van der Waals surface area contributed by atoms with Gasteiger partial charge in [0.05, 0.1) is 12.3 Å². The van der Waals surface area contributed by atoms with Gasteiger partial charge in [-0.2, -0.15) is 0 Å². The van der Waals surface area contributed by atoms with Crippen LogP contribution in [0.25, 0.3) is 0 Å². The van der Waals surface area contributed by atoms with Crippen molar-refractivity contribution in [3.05, 3.63) is 45.9 Å². The fourth-order valence-electron chi connectivity index (χ4n) is 2.40. The zero-order chi connectivity index (χ0) is 17.8. The number of carbonyl (C=O) groups is 1. The molecule has 2 heterocycles. The molecule has 132 valence electrons. The normalized spacial score (nSPS) is 12.2. The largest absolute Gasteiger partial charge is 0.454 e. The third-order valence-corrected chi connectivity index (χ3v) is 3.61. The summed E-state index contributed by atoms with van der Waals surface area (Å²) < 4.78 is 16.5. The smallest absolute Gasteiger partial charge is 0.255 e. The van der Waals surface area contributed by atoms with Crippen molar-refractivity contribution < 1.29 is 19.0 Å². The minimum atomic E-state index is -0.405. The molecule has 0 aliphatic carbocycles. The summed E-state index contributed by atoms with van der Waals surface area (Å²) in [4.78, 5) is 28.2. The molecule has 9 nitrogen and oxygen atoms in total. The second-order valence-corrected chi connectivity index (χ2v) is 5.43. The SMILES string of the molecule is COCc1cc(=O)n(CC(=O)NCc2ccc3c(c2)OCO3)c(N)n1. The predicted octanol–water partition coefficient (Wildman–Crippen LogP) is 0.0170. The van der Waals surface area contributed by atoms with Gasteiger partial charge in [0.25, 0.3) is 5.56 Å². The van der Waals surface area contributed by atoms with Gasteiger partial charge in [0.2, 0.25) is 18.6 Å². The highest BCUT2D eigenvalue weighted by Crippen LogP contribution is 2.32. The molecule has 9 heteroatoms. The van der Waals surface area contributed by atoms with Gasteiger partial charge in [0.1, 0.15) is 6.54 Å². The Balaban J connectivity index is 1.62. The van der Waals surface area contributed by atoms with E-state index in [-0.39, 0.29) is 31.8 Å². The first-order valence-corrected chi connectivity index (χ1v) is 7.57. The van der Waals surface area contributed by atoms with Gasteiger partial charge in [0.15, 0.2) is 11.5 Å². The summed E-state index contributed by atoms with van der Waals surface area (Å²) in [5, 5.41) is 2.73. The minimum absolute atomic E-state index is 0.0298. The number of carbonyl (C=O) groups excluding carboxylic acids is 1. The summed E-state index contributed by atoms with van der Waals surface area (Å²) in [6, 6.07) is 6.70. The number of hydrogen-bond donors (Lipinski definition) is 2. The van der Waals surface area contributed by atoms with Crippen molar-refractivity contribution in [1.29, 1.82) is 0 Å². The number of fused-ring (bicyclic) bond motifs is 1. The van der Waals surface area contributed by atoms with Crippen molar-refractivity contribution in [2.75, 3.05) is 19.6 Å². The topological polar surface area (TPSA) is 118 Å². The third-order valence-electron chi connectivity index (χ3n) is 3.61. The standard InChI is InChI=1S/C16H18N4O5/c1-23-8-11-5-15(22)20(16(17)19-11)7-14(21)18-6-10-2-3-12-13(4-10)25-9-24-12/h2-5H,6-9H2,1H3,(H2,17,19)(H,18,21). The van der Waals surface area contributed by atoms with E-state index in [1.54, 1.807) is 12.1 Å².